The minimum absolute atomic E-state index is 0.000742. The fraction of sp³-hybridized carbons (Fsp3) is 0.0435. The maximum atomic E-state index is 13.9. The van der Waals surface area contributed by atoms with Gasteiger partial charge in [0.2, 0.25) is 5.90 Å². The topological polar surface area (TPSA) is 82.0 Å². The van der Waals surface area contributed by atoms with E-state index in [4.69, 9.17) is 8.92 Å². The molecule has 4 rings (SSSR count). The van der Waals surface area contributed by atoms with Crippen LogP contribution in [-0.4, -0.2) is 20.3 Å². The van der Waals surface area contributed by atoms with Gasteiger partial charge in [0.15, 0.2) is 5.70 Å². The van der Waals surface area contributed by atoms with Crippen LogP contribution in [-0.2, 0) is 19.6 Å². The SMILES string of the molecule is Cc1ccc(S(=O)(=O)Oc2ccc(/C=C3\N=C(c4ccccc4F)OC3=O)cc2)cc1. The van der Waals surface area contributed by atoms with Crippen LogP contribution in [0.25, 0.3) is 6.08 Å². The molecule has 8 heteroatoms. The maximum Gasteiger partial charge on any atom is 0.363 e. The monoisotopic (exact) mass is 437 g/mol. The fourth-order valence-corrected chi connectivity index (χ4v) is 3.75. The first kappa shape index (κ1) is 20.5. The lowest BCUT2D eigenvalue weighted by Crippen LogP contribution is -2.09. The van der Waals surface area contributed by atoms with Gasteiger partial charge in [0.25, 0.3) is 0 Å². The maximum absolute atomic E-state index is 13.9. The number of cyclic esters (lactones) is 1. The molecule has 0 unspecified atom stereocenters. The summed E-state index contributed by atoms with van der Waals surface area (Å²) in [7, 11) is -3.96. The second kappa shape index (κ2) is 8.16. The van der Waals surface area contributed by atoms with Crippen LogP contribution in [0.15, 0.2) is 88.4 Å². The zero-order valence-electron chi connectivity index (χ0n) is 16.3. The van der Waals surface area contributed by atoms with Crippen molar-refractivity contribution in [3.8, 4) is 5.75 Å². The van der Waals surface area contributed by atoms with E-state index in [1.807, 2.05) is 6.92 Å². The van der Waals surface area contributed by atoms with Crippen molar-refractivity contribution in [1.29, 1.82) is 0 Å². The van der Waals surface area contributed by atoms with E-state index in [0.717, 1.165) is 5.56 Å². The van der Waals surface area contributed by atoms with Gasteiger partial charge in [-0.15, -0.1) is 0 Å². The van der Waals surface area contributed by atoms with Crippen LogP contribution in [0.1, 0.15) is 16.7 Å². The molecule has 0 atom stereocenters. The number of nitrogens with zero attached hydrogens (tertiary/aromatic N) is 1. The first-order chi connectivity index (χ1) is 14.8. The van der Waals surface area contributed by atoms with E-state index in [-0.39, 0.29) is 27.8 Å². The third kappa shape index (κ3) is 4.54. The highest BCUT2D eigenvalue weighted by atomic mass is 32.2. The number of hydrogen-bond donors (Lipinski definition) is 0. The number of aryl methyl sites for hydroxylation is 1. The molecule has 6 nitrogen and oxygen atoms in total. The summed E-state index contributed by atoms with van der Waals surface area (Å²) in [5.74, 6) is -1.25. The van der Waals surface area contributed by atoms with Gasteiger partial charge in [-0.3, -0.25) is 0 Å². The van der Waals surface area contributed by atoms with E-state index in [1.54, 1.807) is 30.3 Å². The Morgan fingerprint density at radius 3 is 2.32 bits per heavy atom. The Morgan fingerprint density at radius 2 is 1.65 bits per heavy atom. The number of aliphatic imine (C=N–C) groups is 1. The highest BCUT2D eigenvalue weighted by molar-refractivity contribution is 7.87. The molecule has 0 fully saturated rings. The van der Waals surface area contributed by atoms with Crippen LogP contribution in [0, 0.1) is 12.7 Å². The fourth-order valence-electron chi connectivity index (χ4n) is 2.82. The van der Waals surface area contributed by atoms with Crippen LogP contribution in [0.2, 0.25) is 0 Å². The summed E-state index contributed by atoms with van der Waals surface area (Å²) in [6, 6.07) is 18.2. The molecule has 0 bridgehead atoms. The van der Waals surface area contributed by atoms with Gasteiger partial charge in [-0.1, -0.05) is 42.0 Å². The van der Waals surface area contributed by atoms with E-state index in [9.17, 15) is 17.6 Å². The van der Waals surface area contributed by atoms with Gasteiger partial charge in [0, 0.05) is 0 Å². The minimum Gasteiger partial charge on any atom is -0.402 e. The summed E-state index contributed by atoms with van der Waals surface area (Å²) in [4.78, 5) is 16.2. The molecule has 3 aromatic carbocycles. The van der Waals surface area contributed by atoms with Crippen molar-refractivity contribution in [3.05, 3.63) is 101 Å². The highest BCUT2D eigenvalue weighted by Crippen LogP contribution is 2.23. The predicted octanol–water partition coefficient (Wildman–Crippen LogP) is 4.25. The molecule has 0 saturated carbocycles. The number of rotatable bonds is 5. The number of esters is 1. The van der Waals surface area contributed by atoms with Crippen LogP contribution in [0.4, 0.5) is 4.39 Å². The summed E-state index contributed by atoms with van der Waals surface area (Å²) >= 11 is 0. The third-order valence-electron chi connectivity index (χ3n) is 4.42. The molecule has 1 aliphatic rings. The number of carbonyl (C=O) groups is 1. The molecule has 0 aliphatic carbocycles. The van der Waals surface area contributed by atoms with Crippen molar-refractivity contribution < 1.29 is 26.5 Å². The third-order valence-corrected chi connectivity index (χ3v) is 5.69. The molecule has 0 saturated heterocycles. The standard InChI is InChI=1S/C23H16FNO5S/c1-15-6-12-18(13-7-15)31(27,28)30-17-10-8-16(9-11-17)14-21-23(26)29-22(25-21)19-4-2-3-5-20(19)24/h2-14H,1H3/b21-14-. The van der Waals surface area contributed by atoms with E-state index in [1.165, 1.54) is 48.5 Å². The molecule has 3 aromatic rings. The minimum atomic E-state index is -3.96. The average molecular weight is 437 g/mol. The Labute approximate surface area is 178 Å². The summed E-state index contributed by atoms with van der Waals surface area (Å²) in [6.45, 7) is 1.86. The summed E-state index contributed by atoms with van der Waals surface area (Å²) in [6.07, 6.45) is 1.45. The number of ether oxygens (including phenoxy) is 1. The largest absolute Gasteiger partial charge is 0.402 e. The van der Waals surface area contributed by atoms with Crippen molar-refractivity contribution in [3.63, 3.8) is 0 Å². The van der Waals surface area contributed by atoms with E-state index < -0.39 is 21.9 Å². The smallest absolute Gasteiger partial charge is 0.363 e. The lowest BCUT2D eigenvalue weighted by Gasteiger charge is -2.07. The lowest BCUT2D eigenvalue weighted by atomic mass is 10.2. The van der Waals surface area contributed by atoms with Crippen molar-refractivity contribution in [2.75, 3.05) is 0 Å². The van der Waals surface area contributed by atoms with Crippen LogP contribution >= 0.6 is 0 Å². The van der Waals surface area contributed by atoms with Crippen LogP contribution < -0.4 is 4.18 Å². The normalized spacial score (nSPS) is 15.0. The van der Waals surface area contributed by atoms with Crippen LogP contribution in [0.3, 0.4) is 0 Å². The summed E-state index contributed by atoms with van der Waals surface area (Å²) in [5.41, 5.74) is 1.58. The average Bonchev–Trinajstić information content (AvgIpc) is 3.10. The lowest BCUT2D eigenvalue weighted by molar-refractivity contribution is -0.129. The summed E-state index contributed by atoms with van der Waals surface area (Å²) in [5, 5.41) is 0. The number of carbonyl (C=O) groups excluding carboxylic acids is 1. The van der Waals surface area contributed by atoms with Gasteiger partial charge in [-0.2, -0.15) is 8.42 Å². The van der Waals surface area contributed by atoms with Crippen molar-refractivity contribution in [2.45, 2.75) is 11.8 Å². The predicted molar refractivity (Wildman–Crippen MR) is 112 cm³/mol. The Kier molecular flexibility index (Phi) is 5.39. The van der Waals surface area contributed by atoms with Gasteiger partial charge >= 0.3 is 16.1 Å². The van der Waals surface area contributed by atoms with Crippen LogP contribution in [0.5, 0.6) is 5.75 Å². The Morgan fingerprint density at radius 1 is 0.968 bits per heavy atom. The van der Waals surface area contributed by atoms with E-state index in [0.29, 0.717) is 5.56 Å². The first-order valence-corrected chi connectivity index (χ1v) is 10.6. The molecular formula is C23H16FNO5S. The van der Waals surface area contributed by atoms with Gasteiger partial charge in [-0.05, 0) is 55.0 Å². The molecule has 0 spiro atoms. The molecule has 156 valence electrons. The Hall–Kier alpha value is -3.78. The van der Waals surface area contributed by atoms with Crippen molar-refractivity contribution in [1.82, 2.24) is 0 Å². The quantitative estimate of drug-likeness (QED) is 0.339. The number of hydrogen-bond acceptors (Lipinski definition) is 6. The second-order valence-corrected chi connectivity index (χ2v) is 8.28. The number of benzene rings is 3. The van der Waals surface area contributed by atoms with Gasteiger partial charge < -0.3 is 8.92 Å². The first-order valence-electron chi connectivity index (χ1n) is 9.20. The Bertz CT molecular complexity index is 1310. The zero-order valence-corrected chi connectivity index (χ0v) is 17.1. The van der Waals surface area contributed by atoms with E-state index >= 15 is 0 Å². The van der Waals surface area contributed by atoms with Gasteiger partial charge in [-0.25, -0.2) is 14.2 Å². The molecular weight excluding hydrogens is 421 g/mol. The Balaban J connectivity index is 1.53. The molecule has 0 radical (unpaired) electrons. The van der Waals surface area contributed by atoms with Gasteiger partial charge in [0.05, 0.1) is 5.56 Å². The number of halogens is 1. The van der Waals surface area contributed by atoms with Crippen molar-refractivity contribution >= 4 is 28.1 Å². The van der Waals surface area contributed by atoms with Gasteiger partial charge in [0.1, 0.15) is 16.5 Å². The van der Waals surface area contributed by atoms with E-state index in [2.05, 4.69) is 4.99 Å². The zero-order chi connectivity index (χ0) is 22.0. The van der Waals surface area contributed by atoms with Crippen molar-refractivity contribution in [2.24, 2.45) is 4.99 Å². The summed E-state index contributed by atoms with van der Waals surface area (Å²) < 4.78 is 48.8. The molecule has 1 heterocycles. The second-order valence-electron chi connectivity index (χ2n) is 6.74. The molecule has 0 N–H and O–H groups in total. The molecule has 31 heavy (non-hydrogen) atoms. The molecule has 1 aliphatic heterocycles. The molecule has 0 amide bonds. The highest BCUT2D eigenvalue weighted by Gasteiger charge is 2.26. The molecule has 0 aromatic heterocycles.